The number of nitrogens with two attached hydrogens (primary N) is 1. The van der Waals surface area contributed by atoms with E-state index in [2.05, 4.69) is 33.0 Å². The third-order valence-corrected chi connectivity index (χ3v) is 3.16. The summed E-state index contributed by atoms with van der Waals surface area (Å²) in [5.74, 6) is 1.07. The van der Waals surface area contributed by atoms with Gasteiger partial charge in [-0.3, -0.25) is 0 Å². The Morgan fingerprint density at radius 3 is 2.88 bits per heavy atom. The van der Waals surface area contributed by atoms with Gasteiger partial charge in [-0.15, -0.1) is 0 Å². The van der Waals surface area contributed by atoms with E-state index >= 15 is 0 Å². The summed E-state index contributed by atoms with van der Waals surface area (Å²) >= 11 is 3.46. The number of aromatic nitrogens is 2. The molecule has 0 amide bonds. The molecule has 2 aromatic rings. The molecule has 0 saturated carbocycles. The maximum Gasteiger partial charge on any atom is 0.243 e. The third-order valence-electron chi connectivity index (χ3n) is 2.47. The zero-order valence-corrected chi connectivity index (χ0v) is 11.1. The Kier molecular flexibility index (Phi) is 3.91. The molecule has 17 heavy (non-hydrogen) atoms. The van der Waals surface area contributed by atoms with Gasteiger partial charge in [0.2, 0.25) is 11.7 Å². The van der Waals surface area contributed by atoms with Crippen LogP contribution in [0.3, 0.4) is 0 Å². The molecular weight excluding hydrogens is 282 g/mol. The van der Waals surface area contributed by atoms with Gasteiger partial charge in [-0.2, -0.15) is 4.98 Å². The molecule has 90 valence electrons. The van der Waals surface area contributed by atoms with Crippen molar-refractivity contribution in [1.29, 1.82) is 0 Å². The van der Waals surface area contributed by atoms with Crippen LogP contribution in [0.4, 0.5) is 0 Å². The average Bonchev–Trinajstić information content (AvgIpc) is 2.79. The van der Waals surface area contributed by atoms with Crippen LogP contribution in [0.5, 0.6) is 0 Å². The van der Waals surface area contributed by atoms with Gasteiger partial charge in [0.1, 0.15) is 0 Å². The molecule has 0 bridgehead atoms. The summed E-state index contributed by atoms with van der Waals surface area (Å²) in [6.45, 7) is 2.07. The zero-order chi connectivity index (χ0) is 12.3. The lowest BCUT2D eigenvalue weighted by Crippen LogP contribution is -2.09. The molecule has 1 unspecified atom stereocenters. The van der Waals surface area contributed by atoms with Crippen LogP contribution < -0.4 is 5.73 Å². The highest BCUT2D eigenvalue weighted by Gasteiger charge is 2.15. The van der Waals surface area contributed by atoms with Crippen molar-refractivity contribution in [3.63, 3.8) is 0 Å². The van der Waals surface area contributed by atoms with Crippen molar-refractivity contribution < 1.29 is 4.52 Å². The smallest absolute Gasteiger partial charge is 0.243 e. The van der Waals surface area contributed by atoms with Gasteiger partial charge in [-0.25, -0.2) is 0 Å². The van der Waals surface area contributed by atoms with E-state index in [0.29, 0.717) is 11.7 Å². The van der Waals surface area contributed by atoms with E-state index in [0.717, 1.165) is 22.9 Å². The summed E-state index contributed by atoms with van der Waals surface area (Å²) in [4.78, 5) is 4.33. The van der Waals surface area contributed by atoms with Crippen molar-refractivity contribution in [2.24, 2.45) is 5.73 Å². The van der Waals surface area contributed by atoms with Crippen LogP contribution >= 0.6 is 15.9 Å². The van der Waals surface area contributed by atoms with Crippen LogP contribution in [0.25, 0.3) is 11.4 Å². The fraction of sp³-hybridized carbons (Fsp3) is 0.333. The van der Waals surface area contributed by atoms with Gasteiger partial charge in [-0.1, -0.05) is 46.6 Å². The van der Waals surface area contributed by atoms with Gasteiger partial charge in [0, 0.05) is 10.0 Å². The first kappa shape index (κ1) is 12.3. The predicted octanol–water partition coefficient (Wildman–Crippen LogP) is 3.30. The van der Waals surface area contributed by atoms with Crippen molar-refractivity contribution in [3.05, 3.63) is 34.6 Å². The highest BCUT2D eigenvalue weighted by Crippen LogP contribution is 2.26. The molecular formula is C12H14BrN3O. The molecule has 0 aliphatic heterocycles. The number of nitrogens with zero attached hydrogens (tertiary/aromatic N) is 2. The van der Waals surface area contributed by atoms with E-state index in [1.54, 1.807) is 0 Å². The minimum Gasteiger partial charge on any atom is -0.337 e. The Bertz CT molecular complexity index is 498. The summed E-state index contributed by atoms with van der Waals surface area (Å²) in [6, 6.07) is 7.57. The Morgan fingerprint density at radius 2 is 2.18 bits per heavy atom. The van der Waals surface area contributed by atoms with E-state index in [4.69, 9.17) is 10.3 Å². The number of benzene rings is 1. The molecule has 0 saturated heterocycles. The van der Waals surface area contributed by atoms with E-state index in [1.807, 2.05) is 24.3 Å². The van der Waals surface area contributed by atoms with Crippen LogP contribution in [0, 0.1) is 0 Å². The van der Waals surface area contributed by atoms with Crippen LogP contribution in [-0.4, -0.2) is 10.1 Å². The molecule has 4 nitrogen and oxygen atoms in total. The first-order valence-electron chi connectivity index (χ1n) is 5.56. The second kappa shape index (κ2) is 5.42. The molecule has 1 heterocycles. The van der Waals surface area contributed by atoms with Gasteiger partial charge >= 0.3 is 0 Å². The number of halogens is 1. The number of hydrogen-bond acceptors (Lipinski definition) is 4. The molecule has 2 N–H and O–H groups in total. The number of hydrogen-bond donors (Lipinski definition) is 1. The Balaban J connectivity index is 2.27. The standard InChI is InChI=1S/C12H14BrN3O/c1-2-5-10(14)12-15-11(16-17-12)8-6-3-4-7-9(8)13/h3-4,6-7,10H,2,5,14H2,1H3. The summed E-state index contributed by atoms with van der Waals surface area (Å²) in [5, 5.41) is 3.95. The van der Waals surface area contributed by atoms with Crippen molar-refractivity contribution in [2.75, 3.05) is 0 Å². The van der Waals surface area contributed by atoms with E-state index in [1.165, 1.54) is 0 Å². The normalized spacial score (nSPS) is 12.6. The zero-order valence-electron chi connectivity index (χ0n) is 9.56. The van der Waals surface area contributed by atoms with Gasteiger partial charge < -0.3 is 10.3 Å². The van der Waals surface area contributed by atoms with Gasteiger partial charge in [0.25, 0.3) is 0 Å². The molecule has 1 aromatic carbocycles. The summed E-state index contributed by atoms with van der Waals surface area (Å²) in [6.07, 6.45) is 1.84. The monoisotopic (exact) mass is 295 g/mol. The Labute approximate surface area is 108 Å². The molecule has 0 aliphatic rings. The molecule has 2 rings (SSSR count). The van der Waals surface area contributed by atoms with Crippen LogP contribution in [0.2, 0.25) is 0 Å². The van der Waals surface area contributed by atoms with Crippen molar-refractivity contribution in [1.82, 2.24) is 10.1 Å². The van der Waals surface area contributed by atoms with Gasteiger partial charge in [0.15, 0.2) is 0 Å². The van der Waals surface area contributed by atoms with E-state index < -0.39 is 0 Å². The topological polar surface area (TPSA) is 64.9 Å². The first-order valence-corrected chi connectivity index (χ1v) is 6.35. The predicted molar refractivity (Wildman–Crippen MR) is 69.3 cm³/mol. The largest absolute Gasteiger partial charge is 0.337 e. The Morgan fingerprint density at radius 1 is 1.41 bits per heavy atom. The first-order chi connectivity index (χ1) is 8.22. The molecule has 5 heteroatoms. The van der Waals surface area contributed by atoms with E-state index in [9.17, 15) is 0 Å². The third kappa shape index (κ3) is 2.73. The van der Waals surface area contributed by atoms with Crippen LogP contribution in [-0.2, 0) is 0 Å². The summed E-state index contributed by atoms with van der Waals surface area (Å²) < 4.78 is 6.12. The quantitative estimate of drug-likeness (QED) is 0.940. The molecule has 0 aliphatic carbocycles. The molecule has 0 fully saturated rings. The maximum atomic E-state index is 5.93. The van der Waals surface area contributed by atoms with E-state index in [-0.39, 0.29) is 6.04 Å². The van der Waals surface area contributed by atoms with Gasteiger partial charge in [-0.05, 0) is 18.6 Å². The average molecular weight is 296 g/mol. The number of rotatable bonds is 4. The summed E-state index contributed by atoms with van der Waals surface area (Å²) in [7, 11) is 0. The minimum absolute atomic E-state index is 0.177. The van der Waals surface area contributed by atoms with Crippen LogP contribution in [0.1, 0.15) is 31.7 Å². The fourth-order valence-corrected chi connectivity index (χ4v) is 2.03. The van der Waals surface area contributed by atoms with Crippen molar-refractivity contribution in [2.45, 2.75) is 25.8 Å². The highest BCUT2D eigenvalue weighted by atomic mass is 79.9. The highest BCUT2D eigenvalue weighted by molar-refractivity contribution is 9.10. The maximum absolute atomic E-state index is 5.93. The molecule has 1 atom stereocenters. The lowest BCUT2D eigenvalue weighted by atomic mass is 10.2. The minimum atomic E-state index is -0.177. The summed E-state index contributed by atoms with van der Waals surface area (Å²) in [5.41, 5.74) is 6.84. The second-order valence-corrected chi connectivity index (χ2v) is 4.69. The second-order valence-electron chi connectivity index (χ2n) is 3.83. The van der Waals surface area contributed by atoms with Gasteiger partial charge in [0.05, 0.1) is 6.04 Å². The van der Waals surface area contributed by atoms with Crippen molar-refractivity contribution >= 4 is 15.9 Å². The Hall–Kier alpha value is -1.20. The van der Waals surface area contributed by atoms with Crippen molar-refractivity contribution in [3.8, 4) is 11.4 Å². The SMILES string of the molecule is CCCC(N)c1nc(-c2ccccc2Br)no1. The van der Waals surface area contributed by atoms with Crippen LogP contribution in [0.15, 0.2) is 33.3 Å². The molecule has 0 radical (unpaired) electrons. The lowest BCUT2D eigenvalue weighted by molar-refractivity contribution is 0.348. The lowest BCUT2D eigenvalue weighted by Gasteiger charge is -2.02. The molecule has 1 aromatic heterocycles. The molecule has 0 spiro atoms. The fourth-order valence-electron chi connectivity index (χ4n) is 1.57.